The molecule has 1 unspecified atom stereocenters. The molecule has 21 heavy (non-hydrogen) atoms. The Balaban J connectivity index is 1.89. The lowest BCUT2D eigenvalue weighted by Crippen LogP contribution is -2.51. The molecule has 4 nitrogen and oxygen atoms in total. The summed E-state index contributed by atoms with van der Waals surface area (Å²) in [4.78, 5) is 16.3. The molecular formula is C16H20ClN3O. The molecule has 2 rings (SSSR count). The summed E-state index contributed by atoms with van der Waals surface area (Å²) < 4.78 is 0. The van der Waals surface area contributed by atoms with E-state index in [1.807, 2.05) is 30.0 Å². The predicted octanol–water partition coefficient (Wildman–Crippen LogP) is 2.33. The Labute approximate surface area is 130 Å². The van der Waals surface area contributed by atoms with Crippen LogP contribution in [-0.2, 0) is 11.2 Å². The van der Waals surface area contributed by atoms with Gasteiger partial charge in [0, 0.05) is 31.2 Å². The first kappa shape index (κ1) is 15.8. The highest BCUT2D eigenvalue weighted by Gasteiger charge is 2.25. The van der Waals surface area contributed by atoms with E-state index in [4.69, 9.17) is 16.9 Å². The monoisotopic (exact) mass is 305 g/mol. The summed E-state index contributed by atoms with van der Waals surface area (Å²) >= 11 is 6.09. The van der Waals surface area contributed by atoms with Gasteiger partial charge in [-0.2, -0.15) is 5.26 Å². The van der Waals surface area contributed by atoms with E-state index in [-0.39, 0.29) is 11.9 Å². The zero-order valence-corrected chi connectivity index (χ0v) is 13.0. The first-order chi connectivity index (χ1) is 10.2. The van der Waals surface area contributed by atoms with Crippen LogP contribution in [0, 0.1) is 11.3 Å². The van der Waals surface area contributed by atoms with Gasteiger partial charge in [0.1, 0.15) is 0 Å². The molecule has 1 aliphatic heterocycles. The van der Waals surface area contributed by atoms with Crippen molar-refractivity contribution in [3.8, 4) is 6.07 Å². The second-order valence-corrected chi connectivity index (χ2v) is 5.65. The molecule has 0 radical (unpaired) electrons. The van der Waals surface area contributed by atoms with E-state index in [1.165, 1.54) is 0 Å². The Morgan fingerprint density at radius 2 is 2.00 bits per heavy atom. The maximum Gasteiger partial charge on any atom is 0.227 e. The number of amides is 1. The average molecular weight is 306 g/mol. The smallest absolute Gasteiger partial charge is 0.227 e. The second-order valence-electron chi connectivity index (χ2n) is 5.24. The fourth-order valence-corrected chi connectivity index (χ4v) is 2.83. The van der Waals surface area contributed by atoms with Gasteiger partial charge in [0.05, 0.1) is 18.5 Å². The molecule has 1 aromatic carbocycles. The number of rotatable bonds is 4. The number of carbonyl (C=O) groups excluding carboxylic acids is 1. The van der Waals surface area contributed by atoms with Gasteiger partial charge < -0.3 is 4.90 Å². The van der Waals surface area contributed by atoms with E-state index in [0.717, 1.165) is 25.1 Å². The fourth-order valence-electron chi connectivity index (χ4n) is 2.63. The van der Waals surface area contributed by atoms with E-state index in [2.05, 4.69) is 11.0 Å². The van der Waals surface area contributed by atoms with Gasteiger partial charge in [-0.25, -0.2) is 0 Å². The highest BCUT2D eigenvalue weighted by Crippen LogP contribution is 2.17. The number of benzene rings is 1. The molecule has 0 N–H and O–H groups in total. The Hall–Kier alpha value is -1.57. The Bertz CT molecular complexity index is 533. The summed E-state index contributed by atoms with van der Waals surface area (Å²) in [6.07, 6.45) is 1.17. The SMILES string of the molecule is CCC(C#N)N1CCN(C(=O)Cc2ccccc2Cl)CC1. The van der Waals surface area contributed by atoms with Crippen molar-refractivity contribution in [2.45, 2.75) is 25.8 Å². The first-order valence-electron chi connectivity index (χ1n) is 7.30. The van der Waals surface area contributed by atoms with Crippen molar-refractivity contribution in [2.24, 2.45) is 0 Å². The molecule has 5 heteroatoms. The van der Waals surface area contributed by atoms with Crippen LogP contribution in [0.15, 0.2) is 24.3 Å². The van der Waals surface area contributed by atoms with Crippen LogP contribution in [0.5, 0.6) is 0 Å². The van der Waals surface area contributed by atoms with Crippen molar-refractivity contribution in [1.29, 1.82) is 5.26 Å². The van der Waals surface area contributed by atoms with E-state index < -0.39 is 0 Å². The second kappa shape index (κ2) is 7.44. The van der Waals surface area contributed by atoms with Crippen LogP contribution in [0.2, 0.25) is 5.02 Å². The molecule has 1 aliphatic rings. The van der Waals surface area contributed by atoms with Gasteiger partial charge >= 0.3 is 0 Å². The van der Waals surface area contributed by atoms with Crippen molar-refractivity contribution in [1.82, 2.24) is 9.80 Å². The topological polar surface area (TPSA) is 47.3 Å². The number of hydrogen-bond acceptors (Lipinski definition) is 3. The van der Waals surface area contributed by atoms with Crippen LogP contribution in [-0.4, -0.2) is 47.9 Å². The lowest BCUT2D eigenvalue weighted by atomic mass is 10.1. The summed E-state index contributed by atoms with van der Waals surface area (Å²) in [5.41, 5.74) is 0.870. The predicted molar refractivity (Wildman–Crippen MR) is 83.0 cm³/mol. The summed E-state index contributed by atoms with van der Waals surface area (Å²) in [6, 6.07) is 9.73. The highest BCUT2D eigenvalue weighted by molar-refractivity contribution is 6.31. The summed E-state index contributed by atoms with van der Waals surface area (Å²) in [6.45, 7) is 4.91. The number of nitrogens with zero attached hydrogens (tertiary/aromatic N) is 3. The van der Waals surface area contributed by atoms with Crippen LogP contribution in [0.1, 0.15) is 18.9 Å². The van der Waals surface area contributed by atoms with Gasteiger partial charge in [0.15, 0.2) is 0 Å². The summed E-state index contributed by atoms with van der Waals surface area (Å²) in [5.74, 6) is 0.104. The van der Waals surface area contributed by atoms with Crippen LogP contribution >= 0.6 is 11.6 Å². The van der Waals surface area contributed by atoms with Gasteiger partial charge in [-0.15, -0.1) is 0 Å². The van der Waals surface area contributed by atoms with Crippen molar-refractivity contribution in [3.63, 3.8) is 0 Å². The van der Waals surface area contributed by atoms with Gasteiger partial charge in [0.25, 0.3) is 0 Å². The molecule has 1 aromatic rings. The van der Waals surface area contributed by atoms with Crippen molar-refractivity contribution >= 4 is 17.5 Å². The maximum atomic E-state index is 12.3. The molecule has 0 bridgehead atoms. The zero-order chi connectivity index (χ0) is 15.2. The number of carbonyl (C=O) groups is 1. The van der Waals surface area contributed by atoms with E-state index in [1.54, 1.807) is 6.07 Å². The molecule has 112 valence electrons. The van der Waals surface area contributed by atoms with Gasteiger partial charge in [-0.1, -0.05) is 36.7 Å². The summed E-state index contributed by atoms with van der Waals surface area (Å²) in [7, 11) is 0. The highest BCUT2D eigenvalue weighted by atomic mass is 35.5. The Morgan fingerprint density at radius 3 is 2.57 bits per heavy atom. The van der Waals surface area contributed by atoms with Gasteiger partial charge in [0.2, 0.25) is 5.91 Å². The molecule has 1 heterocycles. The molecule has 0 saturated carbocycles. The Kier molecular flexibility index (Phi) is 5.60. The third-order valence-electron chi connectivity index (χ3n) is 3.94. The molecule has 0 aromatic heterocycles. The quantitative estimate of drug-likeness (QED) is 0.858. The molecule has 1 amide bonds. The molecular weight excluding hydrogens is 286 g/mol. The van der Waals surface area contributed by atoms with E-state index in [0.29, 0.717) is 24.5 Å². The number of piperazine rings is 1. The van der Waals surface area contributed by atoms with Crippen LogP contribution in [0.4, 0.5) is 0 Å². The first-order valence-corrected chi connectivity index (χ1v) is 7.68. The third kappa shape index (κ3) is 3.96. The largest absolute Gasteiger partial charge is 0.340 e. The normalized spacial score (nSPS) is 17.3. The molecule has 1 atom stereocenters. The number of nitriles is 1. The van der Waals surface area contributed by atoms with Gasteiger partial charge in [-0.05, 0) is 18.1 Å². The summed E-state index contributed by atoms with van der Waals surface area (Å²) in [5, 5.41) is 9.73. The van der Waals surface area contributed by atoms with Crippen LogP contribution in [0.3, 0.4) is 0 Å². The zero-order valence-electron chi connectivity index (χ0n) is 12.3. The third-order valence-corrected chi connectivity index (χ3v) is 4.31. The average Bonchev–Trinajstić information content (AvgIpc) is 2.51. The van der Waals surface area contributed by atoms with Crippen molar-refractivity contribution in [3.05, 3.63) is 34.9 Å². The standard InChI is InChI=1S/C16H20ClN3O/c1-2-14(12-18)19-7-9-20(10-8-19)16(21)11-13-5-3-4-6-15(13)17/h3-6,14H,2,7-11H2,1H3. The Morgan fingerprint density at radius 1 is 1.33 bits per heavy atom. The van der Waals surface area contributed by atoms with Crippen LogP contribution < -0.4 is 0 Å². The van der Waals surface area contributed by atoms with E-state index >= 15 is 0 Å². The molecule has 1 saturated heterocycles. The lowest BCUT2D eigenvalue weighted by molar-refractivity contribution is -0.132. The van der Waals surface area contributed by atoms with Crippen molar-refractivity contribution < 1.29 is 4.79 Å². The molecule has 1 fully saturated rings. The minimum Gasteiger partial charge on any atom is -0.340 e. The van der Waals surface area contributed by atoms with Crippen LogP contribution in [0.25, 0.3) is 0 Å². The lowest BCUT2D eigenvalue weighted by Gasteiger charge is -2.36. The number of hydrogen-bond donors (Lipinski definition) is 0. The minimum absolute atomic E-state index is 0.0363. The fraction of sp³-hybridized carbons (Fsp3) is 0.500. The van der Waals surface area contributed by atoms with Crippen molar-refractivity contribution in [2.75, 3.05) is 26.2 Å². The molecule has 0 spiro atoms. The maximum absolute atomic E-state index is 12.3. The van der Waals surface area contributed by atoms with Gasteiger partial charge in [-0.3, -0.25) is 9.69 Å². The minimum atomic E-state index is -0.0363. The number of halogens is 1. The molecule has 0 aliphatic carbocycles. The van der Waals surface area contributed by atoms with E-state index in [9.17, 15) is 4.79 Å².